The Bertz CT molecular complexity index is 397. The Morgan fingerprint density at radius 3 is 3.00 bits per heavy atom. The van der Waals surface area contributed by atoms with E-state index < -0.39 is 6.10 Å². The van der Waals surface area contributed by atoms with Gasteiger partial charge in [-0.25, -0.2) is 4.39 Å². The number of aliphatic hydroxyl groups excluding tert-OH is 1. The molecular formula is C13H16BrFO2. The molecule has 0 radical (unpaired) electrons. The summed E-state index contributed by atoms with van der Waals surface area (Å²) >= 11 is 3.37. The summed E-state index contributed by atoms with van der Waals surface area (Å²) in [7, 11) is 0. The Balaban J connectivity index is 2.07. The maximum atomic E-state index is 13.1. The Kier molecular flexibility index (Phi) is 4.17. The van der Waals surface area contributed by atoms with Crippen molar-refractivity contribution >= 4 is 15.9 Å². The van der Waals surface area contributed by atoms with Crippen LogP contribution >= 0.6 is 15.9 Å². The van der Waals surface area contributed by atoms with E-state index in [1.54, 1.807) is 6.07 Å². The standard InChI is InChI=1S/C13H16BrFO2/c1-8-11(4-5-17-8)13(16)7-9-6-10(15)2-3-12(9)14/h2-3,6,8,11,13,16H,4-5,7H2,1H3. The zero-order chi connectivity index (χ0) is 12.4. The van der Waals surface area contributed by atoms with Gasteiger partial charge in [-0.15, -0.1) is 0 Å². The van der Waals surface area contributed by atoms with Crippen LogP contribution in [-0.4, -0.2) is 23.9 Å². The van der Waals surface area contributed by atoms with Crippen LogP contribution in [0.4, 0.5) is 4.39 Å². The van der Waals surface area contributed by atoms with E-state index >= 15 is 0 Å². The molecule has 2 nitrogen and oxygen atoms in total. The molecule has 4 heteroatoms. The van der Waals surface area contributed by atoms with Crippen LogP contribution in [-0.2, 0) is 11.2 Å². The molecule has 1 N–H and O–H groups in total. The first-order chi connectivity index (χ1) is 8.08. The lowest BCUT2D eigenvalue weighted by Gasteiger charge is -2.21. The normalized spacial score (nSPS) is 26.1. The summed E-state index contributed by atoms with van der Waals surface area (Å²) in [6.07, 6.45) is 0.925. The van der Waals surface area contributed by atoms with Gasteiger partial charge in [0.05, 0.1) is 12.2 Å². The van der Waals surface area contributed by atoms with Gasteiger partial charge in [-0.2, -0.15) is 0 Å². The summed E-state index contributed by atoms with van der Waals surface area (Å²) in [6, 6.07) is 4.54. The van der Waals surface area contributed by atoms with E-state index in [0.717, 1.165) is 16.5 Å². The number of ether oxygens (including phenoxy) is 1. The highest BCUT2D eigenvalue weighted by molar-refractivity contribution is 9.10. The molecule has 94 valence electrons. The van der Waals surface area contributed by atoms with Gasteiger partial charge >= 0.3 is 0 Å². The SMILES string of the molecule is CC1OCCC1C(O)Cc1cc(F)ccc1Br. The minimum atomic E-state index is -0.481. The Hall–Kier alpha value is -0.450. The lowest BCUT2D eigenvalue weighted by atomic mass is 9.91. The van der Waals surface area contributed by atoms with Crippen molar-refractivity contribution in [1.29, 1.82) is 0 Å². The average Bonchev–Trinajstić information content (AvgIpc) is 2.70. The number of rotatable bonds is 3. The van der Waals surface area contributed by atoms with Crippen LogP contribution in [0.2, 0.25) is 0 Å². The van der Waals surface area contributed by atoms with Crippen LogP contribution < -0.4 is 0 Å². The quantitative estimate of drug-likeness (QED) is 0.930. The minimum absolute atomic E-state index is 0.0809. The molecule has 0 spiro atoms. The van der Waals surface area contributed by atoms with Crippen molar-refractivity contribution in [1.82, 2.24) is 0 Å². The summed E-state index contributed by atoms with van der Waals surface area (Å²) in [5.41, 5.74) is 0.802. The monoisotopic (exact) mass is 302 g/mol. The third-order valence-electron chi connectivity index (χ3n) is 3.37. The zero-order valence-electron chi connectivity index (χ0n) is 9.70. The molecule has 1 aliphatic rings. The van der Waals surface area contributed by atoms with Crippen LogP contribution in [0.15, 0.2) is 22.7 Å². The van der Waals surface area contributed by atoms with Crippen molar-refractivity contribution in [3.8, 4) is 0 Å². The summed E-state index contributed by atoms with van der Waals surface area (Å²) in [4.78, 5) is 0. The Labute approximate surface area is 109 Å². The summed E-state index contributed by atoms with van der Waals surface area (Å²) in [5.74, 6) is -0.128. The van der Waals surface area contributed by atoms with Gasteiger partial charge in [-0.3, -0.25) is 0 Å². The molecule has 0 amide bonds. The maximum Gasteiger partial charge on any atom is 0.123 e. The molecule has 3 unspecified atom stereocenters. The molecule has 3 atom stereocenters. The lowest BCUT2D eigenvalue weighted by molar-refractivity contribution is 0.0440. The highest BCUT2D eigenvalue weighted by Gasteiger charge is 2.30. The molecule has 1 aromatic rings. The van der Waals surface area contributed by atoms with E-state index in [9.17, 15) is 9.50 Å². The highest BCUT2D eigenvalue weighted by atomic mass is 79.9. The van der Waals surface area contributed by atoms with Gasteiger partial charge in [0.2, 0.25) is 0 Å². The minimum Gasteiger partial charge on any atom is -0.392 e. The second-order valence-corrected chi connectivity index (χ2v) is 5.39. The van der Waals surface area contributed by atoms with E-state index in [1.165, 1.54) is 12.1 Å². The van der Waals surface area contributed by atoms with Crippen molar-refractivity contribution in [3.63, 3.8) is 0 Å². The van der Waals surface area contributed by atoms with E-state index in [0.29, 0.717) is 13.0 Å². The van der Waals surface area contributed by atoms with Crippen molar-refractivity contribution in [3.05, 3.63) is 34.1 Å². The number of aliphatic hydroxyl groups is 1. The number of benzene rings is 1. The molecule has 1 saturated heterocycles. The fourth-order valence-electron chi connectivity index (χ4n) is 2.33. The largest absolute Gasteiger partial charge is 0.392 e. The van der Waals surface area contributed by atoms with Gasteiger partial charge in [0.15, 0.2) is 0 Å². The van der Waals surface area contributed by atoms with Crippen LogP contribution in [0.25, 0.3) is 0 Å². The van der Waals surface area contributed by atoms with E-state index in [1.807, 2.05) is 6.92 Å². The summed E-state index contributed by atoms with van der Waals surface area (Å²) < 4.78 is 19.4. The summed E-state index contributed by atoms with van der Waals surface area (Å²) in [6.45, 7) is 2.68. The average molecular weight is 303 g/mol. The van der Waals surface area contributed by atoms with Gasteiger partial charge in [0.25, 0.3) is 0 Å². The Morgan fingerprint density at radius 1 is 1.59 bits per heavy atom. The van der Waals surface area contributed by atoms with Crippen molar-refractivity contribution in [2.75, 3.05) is 6.61 Å². The van der Waals surface area contributed by atoms with Gasteiger partial charge in [-0.1, -0.05) is 15.9 Å². The molecule has 1 heterocycles. The van der Waals surface area contributed by atoms with Crippen LogP contribution in [0, 0.1) is 11.7 Å². The molecule has 1 fully saturated rings. The molecule has 0 aliphatic carbocycles. The molecule has 0 aromatic heterocycles. The van der Waals surface area contributed by atoms with Crippen LogP contribution in [0.3, 0.4) is 0 Å². The maximum absolute atomic E-state index is 13.1. The highest BCUT2D eigenvalue weighted by Crippen LogP contribution is 2.28. The third-order valence-corrected chi connectivity index (χ3v) is 4.14. The molecule has 17 heavy (non-hydrogen) atoms. The number of hydrogen-bond acceptors (Lipinski definition) is 2. The predicted molar refractivity (Wildman–Crippen MR) is 67.3 cm³/mol. The van der Waals surface area contributed by atoms with Crippen LogP contribution in [0.5, 0.6) is 0 Å². The van der Waals surface area contributed by atoms with Crippen LogP contribution in [0.1, 0.15) is 18.9 Å². The molecular weight excluding hydrogens is 287 g/mol. The van der Waals surface area contributed by atoms with E-state index in [2.05, 4.69) is 15.9 Å². The lowest BCUT2D eigenvalue weighted by Crippen LogP contribution is -2.28. The smallest absolute Gasteiger partial charge is 0.123 e. The first-order valence-corrected chi connectivity index (χ1v) is 6.61. The first-order valence-electron chi connectivity index (χ1n) is 5.81. The molecule has 0 bridgehead atoms. The van der Waals surface area contributed by atoms with Crippen molar-refractivity contribution in [2.45, 2.75) is 32.0 Å². The van der Waals surface area contributed by atoms with Gasteiger partial charge in [0.1, 0.15) is 5.82 Å². The first kappa shape index (κ1) is 13.0. The topological polar surface area (TPSA) is 29.5 Å². The van der Waals surface area contributed by atoms with Gasteiger partial charge in [0, 0.05) is 17.0 Å². The second kappa shape index (κ2) is 5.46. The number of halogens is 2. The van der Waals surface area contributed by atoms with Crippen molar-refractivity contribution < 1.29 is 14.2 Å². The molecule has 1 aromatic carbocycles. The fourth-order valence-corrected chi connectivity index (χ4v) is 2.74. The zero-order valence-corrected chi connectivity index (χ0v) is 11.3. The second-order valence-electron chi connectivity index (χ2n) is 4.54. The molecule has 2 rings (SSSR count). The predicted octanol–water partition coefficient (Wildman–Crippen LogP) is 2.92. The van der Waals surface area contributed by atoms with E-state index in [-0.39, 0.29) is 17.8 Å². The fraction of sp³-hybridized carbons (Fsp3) is 0.538. The van der Waals surface area contributed by atoms with Gasteiger partial charge in [-0.05, 0) is 43.5 Å². The third kappa shape index (κ3) is 3.06. The van der Waals surface area contributed by atoms with Crippen molar-refractivity contribution in [2.24, 2.45) is 5.92 Å². The Morgan fingerprint density at radius 2 is 2.35 bits per heavy atom. The molecule has 0 saturated carbocycles. The van der Waals surface area contributed by atoms with E-state index in [4.69, 9.17) is 4.74 Å². The summed E-state index contributed by atoms with van der Waals surface area (Å²) in [5, 5.41) is 10.2. The van der Waals surface area contributed by atoms with Gasteiger partial charge < -0.3 is 9.84 Å². The molecule has 1 aliphatic heterocycles. The number of hydrogen-bond donors (Lipinski definition) is 1.